The van der Waals surface area contributed by atoms with E-state index in [0.717, 1.165) is 6.42 Å². The van der Waals surface area contributed by atoms with E-state index in [-0.39, 0.29) is 5.41 Å². The van der Waals surface area contributed by atoms with Gasteiger partial charge in [0.05, 0.1) is 0 Å². The molecule has 17 heavy (non-hydrogen) atoms. The maximum Gasteiger partial charge on any atom is -0.00581 e. The summed E-state index contributed by atoms with van der Waals surface area (Å²) in [5.41, 5.74) is 7.41. The Morgan fingerprint density at radius 2 is 1.53 bits per heavy atom. The molecule has 0 spiro atoms. The van der Waals surface area contributed by atoms with Crippen LogP contribution in [-0.4, -0.2) is 0 Å². The van der Waals surface area contributed by atoms with Crippen LogP contribution in [0.2, 0.25) is 0 Å². The van der Waals surface area contributed by atoms with Crippen LogP contribution in [0.4, 0.5) is 0 Å². The average molecular weight is 226 g/mol. The summed E-state index contributed by atoms with van der Waals surface area (Å²) in [6.07, 6.45) is 3.43. The van der Waals surface area contributed by atoms with Gasteiger partial charge < -0.3 is 0 Å². The molecule has 2 rings (SSSR count). The van der Waals surface area contributed by atoms with Gasteiger partial charge in [0.25, 0.3) is 0 Å². The molecular weight excluding hydrogens is 204 g/mol. The van der Waals surface area contributed by atoms with Gasteiger partial charge in [-0.25, -0.2) is 0 Å². The van der Waals surface area contributed by atoms with Crippen LogP contribution in [0, 0.1) is 0 Å². The fraction of sp³-hybridized carbons (Fsp3) is 0.412. The normalized spacial score (nSPS) is 16.4. The lowest BCUT2D eigenvalue weighted by atomic mass is 9.86. The molecule has 0 heteroatoms. The van der Waals surface area contributed by atoms with Crippen molar-refractivity contribution in [3.05, 3.63) is 52.6 Å². The van der Waals surface area contributed by atoms with Gasteiger partial charge in [0.15, 0.2) is 0 Å². The van der Waals surface area contributed by atoms with Gasteiger partial charge in [-0.15, -0.1) is 0 Å². The lowest BCUT2D eigenvalue weighted by molar-refractivity contribution is 0.590. The van der Waals surface area contributed by atoms with Gasteiger partial charge in [0.2, 0.25) is 0 Å². The van der Waals surface area contributed by atoms with Crippen LogP contribution in [0.1, 0.15) is 52.2 Å². The molecule has 0 fully saturated rings. The first-order chi connectivity index (χ1) is 7.88. The van der Waals surface area contributed by atoms with Gasteiger partial charge in [-0.2, -0.15) is 0 Å². The van der Waals surface area contributed by atoms with Crippen LogP contribution in [0.25, 0.3) is 5.57 Å². The van der Waals surface area contributed by atoms with Crippen molar-refractivity contribution in [3.8, 4) is 0 Å². The molecule has 1 aromatic rings. The Morgan fingerprint density at radius 1 is 0.941 bits per heavy atom. The number of allylic oxidation sites excluding steroid dienone is 4. The van der Waals surface area contributed by atoms with Crippen LogP contribution in [0.5, 0.6) is 0 Å². The molecule has 0 N–H and O–H groups in total. The van der Waals surface area contributed by atoms with Crippen LogP contribution >= 0.6 is 0 Å². The Labute approximate surface area is 105 Å². The number of benzene rings is 1. The van der Waals surface area contributed by atoms with E-state index < -0.39 is 0 Å². The minimum atomic E-state index is 0.243. The maximum atomic E-state index is 2.32. The monoisotopic (exact) mass is 226 g/mol. The van der Waals surface area contributed by atoms with Crippen molar-refractivity contribution < 1.29 is 0 Å². The Morgan fingerprint density at radius 3 is 1.94 bits per heavy atom. The van der Waals surface area contributed by atoms with E-state index in [4.69, 9.17) is 0 Å². The standard InChI is InChI=1S/C17H22/c1-12-10-15(11-13(12)2)14-6-8-16(9-7-14)17(3,4)5/h6-10H,11H2,1-5H3. The molecule has 0 unspecified atom stereocenters. The second-order valence-electron chi connectivity index (χ2n) is 6.14. The van der Waals surface area contributed by atoms with E-state index in [0.29, 0.717) is 0 Å². The van der Waals surface area contributed by atoms with Crippen molar-refractivity contribution in [3.63, 3.8) is 0 Å². The summed E-state index contributed by atoms with van der Waals surface area (Å²) in [5.74, 6) is 0. The molecule has 1 aromatic carbocycles. The van der Waals surface area contributed by atoms with Crippen molar-refractivity contribution >= 4 is 5.57 Å². The lowest BCUT2D eigenvalue weighted by Gasteiger charge is -2.19. The zero-order valence-corrected chi connectivity index (χ0v) is 11.6. The predicted octanol–water partition coefficient (Wildman–Crippen LogP) is 5.11. The summed E-state index contributed by atoms with van der Waals surface area (Å²) in [5, 5.41) is 0. The molecule has 1 aliphatic rings. The fourth-order valence-electron chi connectivity index (χ4n) is 2.23. The summed E-state index contributed by atoms with van der Waals surface area (Å²) in [6, 6.07) is 9.05. The number of hydrogen-bond donors (Lipinski definition) is 0. The molecule has 0 bridgehead atoms. The minimum Gasteiger partial charge on any atom is -0.0660 e. The maximum absolute atomic E-state index is 2.32. The topological polar surface area (TPSA) is 0 Å². The Kier molecular flexibility index (Phi) is 2.99. The molecule has 0 saturated heterocycles. The molecule has 0 aromatic heterocycles. The summed E-state index contributed by atoms with van der Waals surface area (Å²) in [4.78, 5) is 0. The van der Waals surface area contributed by atoms with Gasteiger partial charge in [-0.1, -0.05) is 62.3 Å². The molecule has 0 heterocycles. The van der Waals surface area contributed by atoms with Gasteiger partial charge in [0, 0.05) is 0 Å². The van der Waals surface area contributed by atoms with Crippen molar-refractivity contribution in [2.45, 2.75) is 46.5 Å². The summed E-state index contributed by atoms with van der Waals surface area (Å²) in [7, 11) is 0. The summed E-state index contributed by atoms with van der Waals surface area (Å²) in [6.45, 7) is 11.2. The third-order valence-electron chi connectivity index (χ3n) is 3.64. The van der Waals surface area contributed by atoms with Crippen LogP contribution in [0.3, 0.4) is 0 Å². The van der Waals surface area contributed by atoms with E-state index in [1.165, 1.54) is 27.8 Å². The van der Waals surface area contributed by atoms with E-state index >= 15 is 0 Å². The first kappa shape index (κ1) is 12.2. The quantitative estimate of drug-likeness (QED) is 0.624. The molecule has 0 saturated carbocycles. The predicted molar refractivity (Wildman–Crippen MR) is 76.1 cm³/mol. The van der Waals surface area contributed by atoms with Gasteiger partial charge in [-0.3, -0.25) is 0 Å². The lowest BCUT2D eigenvalue weighted by Crippen LogP contribution is -2.10. The molecule has 0 aliphatic heterocycles. The van der Waals surface area contributed by atoms with Crippen molar-refractivity contribution in [1.29, 1.82) is 0 Å². The Bertz CT molecular complexity index is 476. The highest BCUT2D eigenvalue weighted by molar-refractivity contribution is 5.74. The molecule has 0 nitrogen and oxygen atoms in total. The number of rotatable bonds is 1. The van der Waals surface area contributed by atoms with Crippen LogP contribution in [-0.2, 0) is 5.41 Å². The molecule has 0 amide bonds. The van der Waals surface area contributed by atoms with E-state index in [1.54, 1.807) is 0 Å². The van der Waals surface area contributed by atoms with Gasteiger partial charge in [-0.05, 0) is 42.4 Å². The molecular formula is C17H22. The van der Waals surface area contributed by atoms with Gasteiger partial charge in [0.1, 0.15) is 0 Å². The summed E-state index contributed by atoms with van der Waals surface area (Å²) >= 11 is 0. The average Bonchev–Trinajstić information content (AvgIpc) is 2.58. The largest absolute Gasteiger partial charge is 0.0660 e. The van der Waals surface area contributed by atoms with Crippen molar-refractivity contribution in [1.82, 2.24) is 0 Å². The first-order valence-electron chi connectivity index (χ1n) is 6.36. The highest BCUT2D eigenvalue weighted by Crippen LogP contribution is 2.33. The van der Waals surface area contributed by atoms with Crippen molar-refractivity contribution in [2.75, 3.05) is 0 Å². The van der Waals surface area contributed by atoms with Gasteiger partial charge >= 0.3 is 0 Å². The fourth-order valence-corrected chi connectivity index (χ4v) is 2.23. The first-order valence-corrected chi connectivity index (χ1v) is 6.36. The van der Waals surface area contributed by atoms with E-state index in [2.05, 4.69) is 65.0 Å². The van der Waals surface area contributed by atoms with Crippen molar-refractivity contribution in [2.24, 2.45) is 0 Å². The second kappa shape index (κ2) is 4.18. The van der Waals surface area contributed by atoms with E-state index in [9.17, 15) is 0 Å². The minimum absolute atomic E-state index is 0.243. The number of hydrogen-bond acceptors (Lipinski definition) is 0. The second-order valence-corrected chi connectivity index (χ2v) is 6.14. The highest BCUT2D eigenvalue weighted by Gasteiger charge is 2.15. The molecule has 1 aliphatic carbocycles. The zero-order chi connectivity index (χ0) is 12.6. The smallest absolute Gasteiger partial charge is 0.00581 e. The third-order valence-corrected chi connectivity index (χ3v) is 3.64. The summed E-state index contributed by atoms with van der Waals surface area (Å²) < 4.78 is 0. The third kappa shape index (κ3) is 2.52. The Balaban J connectivity index is 2.24. The van der Waals surface area contributed by atoms with Crippen LogP contribution < -0.4 is 0 Å². The van der Waals surface area contributed by atoms with Crippen LogP contribution in [0.15, 0.2) is 41.5 Å². The molecule has 0 atom stereocenters. The SMILES string of the molecule is CC1=C(C)CC(c2ccc(C(C)(C)C)cc2)=C1. The van der Waals surface area contributed by atoms with E-state index in [1.807, 2.05) is 0 Å². The highest BCUT2D eigenvalue weighted by atomic mass is 14.2. The zero-order valence-electron chi connectivity index (χ0n) is 11.6. The molecule has 0 radical (unpaired) electrons. The Hall–Kier alpha value is -1.30. The molecule has 90 valence electrons.